The van der Waals surface area contributed by atoms with E-state index in [1.165, 1.54) is 4.90 Å². The number of carbonyl (C=O) groups is 3. The molecular weight excluding hydrogens is 410 g/mol. The molecule has 0 spiro atoms. The first-order valence-electron chi connectivity index (χ1n) is 11.1. The van der Waals surface area contributed by atoms with Crippen LogP contribution < -0.4 is 10.6 Å². The van der Waals surface area contributed by atoms with Crippen LogP contribution in [0.5, 0.6) is 0 Å². The molecule has 0 aromatic heterocycles. The lowest BCUT2D eigenvalue weighted by Crippen LogP contribution is -2.55. The molecule has 0 radical (unpaired) electrons. The average Bonchev–Trinajstić information content (AvgIpc) is 3.38. The minimum atomic E-state index is -1.23. The quantitative estimate of drug-likeness (QED) is 0.568. The summed E-state index contributed by atoms with van der Waals surface area (Å²) >= 11 is 0. The zero-order valence-electron chi connectivity index (χ0n) is 20.1. The predicted molar refractivity (Wildman–Crippen MR) is 122 cm³/mol. The van der Waals surface area contributed by atoms with Crippen molar-refractivity contribution in [1.29, 1.82) is 0 Å². The number of nitrogens with one attached hydrogen (secondary N) is 2. The predicted octanol–water partition coefficient (Wildman–Crippen LogP) is 2.68. The number of aliphatic hydroxyl groups is 1. The average molecular weight is 448 g/mol. The lowest BCUT2D eigenvalue weighted by atomic mass is 9.97. The van der Waals surface area contributed by atoms with Gasteiger partial charge in [0.05, 0.1) is 6.61 Å². The van der Waals surface area contributed by atoms with E-state index in [0.29, 0.717) is 5.56 Å². The zero-order chi connectivity index (χ0) is 24.2. The van der Waals surface area contributed by atoms with Crippen molar-refractivity contribution in [2.45, 2.75) is 84.7 Å². The number of alkyl carbamates (subject to hydrolysis) is 1. The molecule has 0 heterocycles. The highest BCUT2D eigenvalue weighted by Gasteiger charge is 2.48. The topological polar surface area (TPSA) is 108 Å². The minimum Gasteiger partial charge on any atom is -0.444 e. The summed E-state index contributed by atoms with van der Waals surface area (Å²) in [4.78, 5) is 40.8. The van der Waals surface area contributed by atoms with E-state index >= 15 is 0 Å². The number of hydrogen-bond donors (Lipinski definition) is 3. The van der Waals surface area contributed by atoms with Gasteiger partial charge in [-0.2, -0.15) is 0 Å². The van der Waals surface area contributed by atoms with E-state index in [1.807, 2.05) is 52.0 Å². The second kappa shape index (κ2) is 10.3. The number of benzene rings is 1. The van der Waals surface area contributed by atoms with Gasteiger partial charge in [0.1, 0.15) is 17.7 Å². The fourth-order valence-corrected chi connectivity index (χ4v) is 3.66. The van der Waals surface area contributed by atoms with E-state index in [0.717, 1.165) is 12.0 Å². The van der Waals surface area contributed by atoms with Crippen LogP contribution in [0.25, 0.3) is 0 Å². The van der Waals surface area contributed by atoms with E-state index < -0.39 is 36.3 Å². The second-order valence-electron chi connectivity index (χ2n) is 9.83. The van der Waals surface area contributed by atoms with Gasteiger partial charge in [0.15, 0.2) is 0 Å². The molecule has 4 atom stereocenters. The van der Waals surface area contributed by atoms with Gasteiger partial charge in [-0.05, 0) is 65.0 Å². The van der Waals surface area contributed by atoms with Gasteiger partial charge in [-0.15, -0.1) is 0 Å². The van der Waals surface area contributed by atoms with Crippen molar-refractivity contribution < 1.29 is 24.2 Å². The molecule has 1 aliphatic carbocycles. The highest BCUT2D eigenvalue weighted by molar-refractivity contribution is 5.93. The summed E-state index contributed by atoms with van der Waals surface area (Å²) in [5.41, 5.74) is 0.841. The summed E-state index contributed by atoms with van der Waals surface area (Å²) in [6, 6.07) is 5.05. The van der Waals surface area contributed by atoms with Crippen LogP contribution in [-0.4, -0.2) is 58.2 Å². The van der Waals surface area contributed by atoms with Crippen LogP contribution >= 0.6 is 0 Å². The van der Waals surface area contributed by atoms with Crippen molar-refractivity contribution >= 4 is 17.9 Å². The summed E-state index contributed by atoms with van der Waals surface area (Å²) in [6.07, 6.45) is -0.0546. The largest absolute Gasteiger partial charge is 0.444 e. The zero-order valence-corrected chi connectivity index (χ0v) is 20.1. The first-order valence-corrected chi connectivity index (χ1v) is 11.1. The third-order valence-electron chi connectivity index (χ3n) is 5.29. The lowest BCUT2D eigenvalue weighted by Gasteiger charge is -2.35. The first kappa shape index (κ1) is 25.6. The molecule has 3 amide bonds. The fourth-order valence-electron chi connectivity index (χ4n) is 3.66. The Kier molecular flexibility index (Phi) is 8.29. The van der Waals surface area contributed by atoms with E-state index in [9.17, 15) is 19.5 Å². The number of amides is 3. The van der Waals surface area contributed by atoms with Crippen LogP contribution in [0, 0.1) is 12.8 Å². The fraction of sp³-hybridized carbons (Fsp3) is 0.625. The summed E-state index contributed by atoms with van der Waals surface area (Å²) in [7, 11) is 0. The Labute approximate surface area is 190 Å². The Hall–Kier alpha value is -2.61. The van der Waals surface area contributed by atoms with Crippen LogP contribution in [0.4, 0.5) is 4.79 Å². The second-order valence-corrected chi connectivity index (χ2v) is 9.83. The van der Waals surface area contributed by atoms with Gasteiger partial charge in [-0.1, -0.05) is 31.2 Å². The van der Waals surface area contributed by atoms with E-state index in [-0.39, 0.29) is 23.9 Å². The SMILES string of the molecule is Cc1ccccc1C(C(=O)NC(C)C)N(C(=O)C(CO)NC(=O)OC(C)(C)C)C1CC1C. The summed E-state index contributed by atoms with van der Waals surface area (Å²) < 4.78 is 5.25. The van der Waals surface area contributed by atoms with Crippen molar-refractivity contribution in [1.82, 2.24) is 15.5 Å². The molecular formula is C24H37N3O5. The van der Waals surface area contributed by atoms with E-state index in [4.69, 9.17) is 4.74 Å². The Bertz CT molecular complexity index is 833. The lowest BCUT2D eigenvalue weighted by molar-refractivity contribution is -0.144. The maximum Gasteiger partial charge on any atom is 0.408 e. The molecule has 0 aliphatic heterocycles. The number of aliphatic hydroxyl groups excluding tert-OH is 1. The third-order valence-corrected chi connectivity index (χ3v) is 5.29. The molecule has 1 saturated carbocycles. The number of carbonyl (C=O) groups excluding carboxylic acids is 3. The number of ether oxygens (including phenoxy) is 1. The molecule has 1 fully saturated rings. The molecule has 4 unspecified atom stereocenters. The summed E-state index contributed by atoms with van der Waals surface area (Å²) in [6.45, 7) is 12.2. The van der Waals surface area contributed by atoms with E-state index in [2.05, 4.69) is 10.6 Å². The molecule has 0 saturated heterocycles. The van der Waals surface area contributed by atoms with E-state index in [1.54, 1.807) is 20.8 Å². The van der Waals surface area contributed by atoms with Gasteiger partial charge in [0, 0.05) is 12.1 Å². The molecule has 8 nitrogen and oxygen atoms in total. The standard InChI is InChI=1S/C24H37N3O5/c1-14(2)25-21(29)20(17-11-9-8-10-15(17)3)27(19-12-16(19)4)22(30)18(13-28)26-23(31)32-24(5,6)7/h8-11,14,16,18-20,28H,12-13H2,1-7H3,(H,25,29)(H,26,31). The van der Waals surface area contributed by atoms with Crippen LogP contribution in [0.2, 0.25) is 0 Å². The number of rotatable bonds is 8. The molecule has 1 aromatic rings. The van der Waals surface area contributed by atoms with Crippen molar-refractivity contribution in [3.8, 4) is 0 Å². The van der Waals surface area contributed by atoms with Gasteiger partial charge in [-0.3, -0.25) is 9.59 Å². The minimum absolute atomic E-state index is 0.115. The first-order chi connectivity index (χ1) is 14.9. The van der Waals surface area contributed by atoms with Gasteiger partial charge < -0.3 is 25.4 Å². The number of aryl methyl sites for hydroxylation is 1. The highest BCUT2D eigenvalue weighted by Crippen LogP contribution is 2.41. The Balaban J connectivity index is 2.43. The third kappa shape index (κ3) is 6.69. The molecule has 3 N–H and O–H groups in total. The van der Waals surface area contributed by atoms with Gasteiger partial charge >= 0.3 is 6.09 Å². The van der Waals surface area contributed by atoms with Gasteiger partial charge in [0.2, 0.25) is 11.8 Å². The molecule has 0 bridgehead atoms. The highest BCUT2D eigenvalue weighted by atomic mass is 16.6. The van der Waals surface area contributed by atoms with Gasteiger partial charge in [0.25, 0.3) is 0 Å². The van der Waals surface area contributed by atoms with Crippen LogP contribution in [0.1, 0.15) is 65.1 Å². The number of nitrogens with zero attached hydrogens (tertiary/aromatic N) is 1. The molecule has 178 valence electrons. The van der Waals surface area contributed by atoms with Crippen LogP contribution in [-0.2, 0) is 14.3 Å². The van der Waals surface area contributed by atoms with Crippen molar-refractivity contribution in [2.24, 2.45) is 5.92 Å². The molecule has 8 heteroatoms. The number of hydrogen-bond acceptors (Lipinski definition) is 5. The maximum atomic E-state index is 13.6. The van der Waals surface area contributed by atoms with Crippen LogP contribution in [0.15, 0.2) is 24.3 Å². The molecule has 1 aliphatic rings. The molecule has 2 rings (SSSR count). The normalized spacial score (nSPS) is 19.7. The summed E-state index contributed by atoms with van der Waals surface area (Å²) in [5, 5.41) is 15.3. The van der Waals surface area contributed by atoms with Gasteiger partial charge in [-0.25, -0.2) is 4.79 Å². The van der Waals surface area contributed by atoms with Crippen LogP contribution in [0.3, 0.4) is 0 Å². The summed E-state index contributed by atoms with van der Waals surface area (Å²) in [5.74, 6) is -0.603. The molecule has 32 heavy (non-hydrogen) atoms. The molecule has 1 aromatic carbocycles. The smallest absolute Gasteiger partial charge is 0.408 e. The monoisotopic (exact) mass is 447 g/mol. The Morgan fingerprint density at radius 3 is 2.25 bits per heavy atom. The Morgan fingerprint density at radius 1 is 1.19 bits per heavy atom. The van der Waals surface area contributed by atoms with Crippen molar-refractivity contribution in [3.05, 3.63) is 35.4 Å². The Morgan fingerprint density at radius 2 is 1.78 bits per heavy atom. The van der Waals surface area contributed by atoms with Crippen molar-refractivity contribution in [2.75, 3.05) is 6.61 Å². The van der Waals surface area contributed by atoms with Crippen molar-refractivity contribution in [3.63, 3.8) is 0 Å². The maximum absolute atomic E-state index is 13.6.